The second-order valence-electron chi connectivity index (χ2n) is 1.05. The van der Waals surface area contributed by atoms with Crippen LogP contribution in [0.1, 0.15) is 13.8 Å². The van der Waals surface area contributed by atoms with Gasteiger partial charge in [-0.15, -0.1) is 0 Å². The summed E-state index contributed by atoms with van der Waals surface area (Å²) in [6.45, 7) is 6.39. The lowest BCUT2D eigenvalue weighted by Gasteiger charge is -1.86. The van der Waals surface area contributed by atoms with Crippen LogP contribution in [0.3, 0.4) is 0 Å². The molecule has 2 nitrogen and oxygen atoms in total. The number of nitrogens with one attached hydrogen (secondary N) is 1. The minimum absolute atomic E-state index is 0.222. The largest absolute Gasteiger partial charge is 0.317 e. The molecule has 3 heteroatoms. The third kappa shape index (κ3) is 38.9. The summed E-state index contributed by atoms with van der Waals surface area (Å²) in [5, 5.41) is 3.11. The first-order chi connectivity index (χ1) is 3.83. The van der Waals surface area contributed by atoms with Crippen molar-refractivity contribution < 1.29 is 4.79 Å². The lowest BCUT2D eigenvalue weighted by molar-refractivity contribution is 0.569. The Morgan fingerprint density at radius 1 is 1.50 bits per heavy atom. The zero-order valence-electron chi connectivity index (χ0n) is 5.28. The lowest BCUT2D eigenvalue weighted by Crippen LogP contribution is -2.09. The van der Waals surface area contributed by atoms with Gasteiger partial charge in [0.2, 0.25) is 5.75 Å². The summed E-state index contributed by atoms with van der Waals surface area (Å²) in [5.41, 5.74) is 0. The average Bonchev–Trinajstić information content (AvgIpc) is 1.71. The highest BCUT2D eigenvalue weighted by molar-refractivity contribution is 6.54. The number of hydrogen-bond acceptors (Lipinski definition) is 2. The molecule has 0 rings (SSSR count). The minimum atomic E-state index is 0.222. The van der Waals surface area contributed by atoms with E-state index in [4.69, 9.17) is 4.79 Å². The van der Waals surface area contributed by atoms with Crippen molar-refractivity contribution >= 4 is 17.3 Å². The van der Waals surface area contributed by atoms with E-state index in [1.807, 2.05) is 0 Å². The van der Waals surface area contributed by atoms with Crippen LogP contribution in [0.4, 0.5) is 0 Å². The molecular weight excluding hydrogens is 126 g/mol. The van der Waals surface area contributed by atoms with Crippen LogP contribution in [0, 0.1) is 0 Å². The first kappa shape index (κ1) is 10.8. The molecule has 0 heterocycles. The third-order valence-corrected chi connectivity index (χ3v) is 0.500. The second-order valence-corrected chi connectivity index (χ2v) is 1.22. The molecule has 0 aliphatic rings. The van der Waals surface area contributed by atoms with Gasteiger partial charge in [0.15, 0.2) is 0 Å². The summed E-state index contributed by atoms with van der Waals surface area (Å²) in [5.74, 6) is 0.222. The number of carbonyl (C=O) groups is 1. The Kier molecular flexibility index (Phi) is 21.3. The second kappa shape index (κ2) is 15.8. The normalized spacial score (nSPS) is 6.88. The molecule has 1 N–H and O–H groups in total. The first-order valence-electron chi connectivity index (χ1n) is 2.58. The van der Waals surface area contributed by atoms with Crippen molar-refractivity contribution in [3.8, 4) is 0 Å². The van der Waals surface area contributed by atoms with E-state index < -0.39 is 0 Å². The summed E-state index contributed by atoms with van der Waals surface area (Å²) < 4.78 is 0. The van der Waals surface area contributed by atoms with Gasteiger partial charge < -0.3 is 5.32 Å². The van der Waals surface area contributed by atoms with E-state index in [-0.39, 0.29) is 5.75 Å². The van der Waals surface area contributed by atoms with Crippen molar-refractivity contribution in [2.75, 3.05) is 13.1 Å². The zero-order valence-corrected chi connectivity index (χ0v) is 6.03. The Balaban J connectivity index is 0. The molecule has 0 unspecified atom stereocenters. The Morgan fingerprint density at radius 2 is 1.75 bits per heavy atom. The number of hydrogen-bond donors (Lipinski definition) is 1. The van der Waals surface area contributed by atoms with Crippen molar-refractivity contribution in [2.45, 2.75) is 13.8 Å². The van der Waals surface area contributed by atoms with Crippen molar-refractivity contribution in [1.82, 2.24) is 5.32 Å². The fourth-order valence-electron chi connectivity index (χ4n) is 0.250. The maximum absolute atomic E-state index is 8.57. The highest BCUT2D eigenvalue weighted by atomic mass is 35.5. The minimum Gasteiger partial charge on any atom is -0.317 e. The molecule has 50 valence electrons. The molecule has 8 heavy (non-hydrogen) atoms. The van der Waals surface area contributed by atoms with E-state index in [0.717, 1.165) is 13.1 Å². The Hall–Kier alpha value is -0.0800. The fraction of sp³-hybridized carbons (Fsp3) is 0.800. The third-order valence-electron chi connectivity index (χ3n) is 0.500. The van der Waals surface area contributed by atoms with E-state index in [1.54, 1.807) is 0 Å². The molecule has 0 aromatic heterocycles. The molecule has 0 aliphatic heterocycles. The maximum atomic E-state index is 8.57. The summed E-state index contributed by atoms with van der Waals surface area (Å²) in [6, 6.07) is 0. The molecule has 0 saturated heterocycles. The molecular formula is C5H12ClNO. The zero-order chi connectivity index (χ0) is 6.83. The van der Waals surface area contributed by atoms with E-state index in [1.165, 1.54) is 0 Å². The molecule has 0 spiro atoms. The predicted octanol–water partition coefficient (Wildman–Crippen LogP) is 1.03. The first-order valence-corrected chi connectivity index (χ1v) is 3.01. The van der Waals surface area contributed by atoms with Crippen molar-refractivity contribution in [3.63, 3.8) is 0 Å². The average molecular weight is 138 g/mol. The van der Waals surface area contributed by atoms with Gasteiger partial charge in [-0.1, -0.05) is 13.8 Å². The number of carbonyl (C=O) groups excluding carboxylic acids is 1. The Bertz CT molecular complexity index is 39.4. The predicted molar refractivity (Wildman–Crippen MR) is 36.8 cm³/mol. The Labute approximate surface area is 55.2 Å². The highest BCUT2D eigenvalue weighted by Gasteiger charge is 1.62. The van der Waals surface area contributed by atoms with Crippen molar-refractivity contribution in [1.29, 1.82) is 0 Å². The Morgan fingerprint density at radius 3 is 1.75 bits per heavy atom. The summed E-state index contributed by atoms with van der Waals surface area (Å²) >= 11 is 4.32. The number of halogens is 1. The van der Waals surface area contributed by atoms with Crippen molar-refractivity contribution in [3.05, 3.63) is 0 Å². The standard InChI is InChI=1S/C4H11N.CHClO/c1-3-5-4-2;2-1-3/h5H,3-4H2,1-2H3;1H. The molecule has 0 radical (unpaired) electrons. The van der Waals surface area contributed by atoms with Gasteiger partial charge in [0.05, 0.1) is 0 Å². The molecule has 0 saturated carbocycles. The van der Waals surface area contributed by atoms with Crippen LogP contribution in [0.5, 0.6) is 0 Å². The SMILES string of the molecule is CCNCC.O=CCl. The lowest BCUT2D eigenvalue weighted by atomic mass is 10.7. The molecule has 0 aromatic carbocycles. The number of rotatable bonds is 2. The van der Waals surface area contributed by atoms with E-state index >= 15 is 0 Å². The maximum Gasteiger partial charge on any atom is 0.208 e. The molecule has 0 bridgehead atoms. The van der Waals surface area contributed by atoms with Crippen LogP contribution in [-0.4, -0.2) is 18.8 Å². The van der Waals surface area contributed by atoms with Gasteiger partial charge in [0.25, 0.3) is 0 Å². The highest BCUT2D eigenvalue weighted by Crippen LogP contribution is 1.47. The van der Waals surface area contributed by atoms with E-state index in [2.05, 4.69) is 30.8 Å². The van der Waals surface area contributed by atoms with Gasteiger partial charge in [-0.25, -0.2) is 0 Å². The van der Waals surface area contributed by atoms with Gasteiger partial charge in [0, 0.05) is 0 Å². The molecule has 0 amide bonds. The van der Waals surface area contributed by atoms with Crippen LogP contribution in [0.2, 0.25) is 0 Å². The van der Waals surface area contributed by atoms with Gasteiger partial charge >= 0.3 is 0 Å². The van der Waals surface area contributed by atoms with Crippen LogP contribution < -0.4 is 5.32 Å². The quantitative estimate of drug-likeness (QED) is 0.455. The van der Waals surface area contributed by atoms with Crippen LogP contribution in [-0.2, 0) is 4.79 Å². The summed E-state index contributed by atoms with van der Waals surface area (Å²) in [6.07, 6.45) is 0. The smallest absolute Gasteiger partial charge is 0.208 e. The molecule has 0 fully saturated rings. The van der Waals surface area contributed by atoms with Crippen LogP contribution in [0.15, 0.2) is 0 Å². The molecule has 0 atom stereocenters. The van der Waals surface area contributed by atoms with Gasteiger partial charge in [0.1, 0.15) is 0 Å². The van der Waals surface area contributed by atoms with E-state index in [9.17, 15) is 0 Å². The van der Waals surface area contributed by atoms with Gasteiger partial charge in [-0.05, 0) is 24.7 Å². The summed E-state index contributed by atoms with van der Waals surface area (Å²) in [4.78, 5) is 8.57. The molecule has 0 aromatic rings. The fourth-order valence-corrected chi connectivity index (χ4v) is 0.250. The topological polar surface area (TPSA) is 29.1 Å². The van der Waals surface area contributed by atoms with E-state index in [0.29, 0.717) is 0 Å². The van der Waals surface area contributed by atoms with Crippen LogP contribution in [0.25, 0.3) is 0 Å². The van der Waals surface area contributed by atoms with Gasteiger partial charge in [-0.3, -0.25) is 4.79 Å². The van der Waals surface area contributed by atoms with Crippen LogP contribution >= 0.6 is 11.6 Å². The van der Waals surface area contributed by atoms with Crippen molar-refractivity contribution in [2.24, 2.45) is 0 Å². The molecule has 0 aliphatic carbocycles. The van der Waals surface area contributed by atoms with Gasteiger partial charge in [-0.2, -0.15) is 0 Å². The monoisotopic (exact) mass is 137 g/mol. The summed E-state index contributed by atoms with van der Waals surface area (Å²) in [7, 11) is 0.